The van der Waals surface area contributed by atoms with Gasteiger partial charge in [0.05, 0.1) is 20.1 Å². The Morgan fingerprint density at radius 2 is 1.92 bits per heavy atom. The largest absolute Gasteiger partial charge is 0.497 e. The van der Waals surface area contributed by atoms with Gasteiger partial charge in [0.2, 0.25) is 0 Å². The van der Waals surface area contributed by atoms with E-state index in [2.05, 4.69) is 29.3 Å². The number of hydrogen-bond donors (Lipinski definition) is 1. The molecule has 6 nitrogen and oxygen atoms in total. The van der Waals surface area contributed by atoms with Gasteiger partial charge in [-0.25, -0.2) is 0 Å². The molecular formula is C19H29N3O3. The zero-order chi connectivity index (χ0) is 18.1. The Labute approximate surface area is 150 Å². The Morgan fingerprint density at radius 1 is 1.24 bits per heavy atom. The Bertz CT molecular complexity index is 564. The molecule has 0 unspecified atom stereocenters. The summed E-state index contributed by atoms with van der Waals surface area (Å²) < 4.78 is 10.0. The fourth-order valence-electron chi connectivity index (χ4n) is 3.00. The molecular weight excluding hydrogens is 318 g/mol. The normalized spacial score (nSPS) is 15.8. The molecule has 0 saturated carbocycles. The van der Waals surface area contributed by atoms with Crippen LogP contribution in [0.15, 0.2) is 29.3 Å². The number of nitrogens with one attached hydrogen (secondary N) is 1. The molecule has 1 saturated heterocycles. The molecule has 1 aliphatic heterocycles. The summed E-state index contributed by atoms with van der Waals surface area (Å²) in [5, 5.41) is 3.35. The number of nitrogens with zero attached hydrogens (tertiary/aromatic N) is 2. The number of aliphatic imine (C=N–C) groups is 1. The van der Waals surface area contributed by atoms with E-state index < -0.39 is 0 Å². The van der Waals surface area contributed by atoms with E-state index >= 15 is 0 Å². The standard InChI is InChI=1S/C19H29N3O3/c1-4-20-19(22-13-10-16(11-14-22)18(23)25-3)21-12-9-15-5-7-17(24-2)8-6-15/h5-8,16H,4,9-14H2,1-3H3,(H,20,21). The SMILES string of the molecule is CCNC(=NCCc1ccc(OC)cc1)N1CCC(C(=O)OC)CC1. The first kappa shape index (κ1) is 19.1. The Kier molecular flexibility index (Phi) is 7.57. The van der Waals surface area contributed by atoms with E-state index in [4.69, 9.17) is 14.5 Å². The fourth-order valence-corrected chi connectivity index (χ4v) is 3.00. The molecule has 6 heteroatoms. The van der Waals surface area contributed by atoms with Gasteiger partial charge < -0.3 is 19.7 Å². The lowest BCUT2D eigenvalue weighted by Crippen LogP contribution is -2.46. The van der Waals surface area contributed by atoms with Crippen LogP contribution in [0.5, 0.6) is 5.75 Å². The van der Waals surface area contributed by atoms with Crippen LogP contribution in [0.3, 0.4) is 0 Å². The maximum Gasteiger partial charge on any atom is 0.308 e. The molecule has 1 fully saturated rings. The third-order valence-corrected chi connectivity index (χ3v) is 4.49. The van der Waals surface area contributed by atoms with Crippen molar-refractivity contribution in [2.24, 2.45) is 10.9 Å². The molecule has 25 heavy (non-hydrogen) atoms. The summed E-state index contributed by atoms with van der Waals surface area (Å²) in [6, 6.07) is 8.09. The maximum atomic E-state index is 11.6. The van der Waals surface area contributed by atoms with Crippen molar-refractivity contribution in [3.8, 4) is 5.75 Å². The quantitative estimate of drug-likeness (QED) is 0.485. The summed E-state index contributed by atoms with van der Waals surface area (Å²) in [6.45, 7) is 5.28. The first-order valence-corrected chi connectivity index (χ1v) is 8.92. The molecule has 1 aromatic carbocycles. The van der Waals surface area contributed by atoms with Crippen LogP contribution in [-0.2, 0) is 16.0 Å². The van der Waals surface area contributed by atoms with Gasteiger partial charge in [-0.15, -0.1) is 0 Å². The van der Waals surface area contributed by atoms with Gasteiger partial charge in [-0.1, -0.05) is 12.1 Å². The average Bonchev–Trinajstić information content (AvgIpc) is 2.67. The van der Waals surface area contributed by atoms with Gasteiger partial charge in [-0.2, -0.15) is 0 Å². The van der Waals surface area contributed by atoms with Crippen molar-refractivity contribution in [2.75, 3.05) is 40.4 Å². The molecule has 0 spiro atoms. The van der Waals surface area contributed by atoms with Crippen LogP contribution in [0.25, 0.3) is 0 Å². The molecule has 1 aromatic rings. The van der Waals surface area contributed by atoms with Crippen LogP contribution < -0.4 is 10.1 Å². The number of benzene rings is 1. The van der Waals surface area contributed by atoms with Crippen molar-refractivity contribution in [1.82, 2.24) is 10.2 Å². The van der Waals surface area contributed by atoms with Gasteiger partial charge in [-0.05, 0) is 43.9 Å². The predicted octanol–water partition coefficient (Wildman–Crippen LogP) is 2.09. The van der Waals surface area contributed by atoms with Crippen molar-refractivity contribution >= 4 is 11.9 Å². The average molecular weight is 347 g/mol. The smallest absolute Gasteiger partial charge is 0.308 e. The fraction of sp³-hybridized carbons (Fsp3) is 0.579. The van der Waals surface area contributed by atoms with E-state index in [9.17, 15) is 4.79 Å². The number of piperidine rings is 1. The van der Waals surface area contributed by atoms with Crippen LogP contribution in [0, 0.1) is 5.92 Å². The lowest BCUT2D eigenvalue weighted by atomic mass is 9.97. The van der Waals surface area contributed by atoms with Crippen LogP contribution in [0.4, 0.5) is 0 Å². The Hall–Kier alpha value is -2.24. The molecule has 0 atom stereocenters. The third-order valence-electron chi connectivity index (χ3n) is 4.49. The lowest BCUT2D eigenvalue weighted by molar-refractivity contribution is -0.146. The zero-order valence-electron chi connectivity index (χ0n) is 15.5. The van der Waals surface area contributed by atoms with Gasteiger partial charge in [0.25, 0.3) is 0 Å². The number of rotatable bonds is 6. The highest BCUT2D eigenvalue weighted by Crippen LogP contribution is 2.18. The number of carbonyl (C=O) groups is 1. The van der Waals surface area contributed by atoms with Gasteiger partial charge >= 0.3 is 5.97 Å². The number of likely N-dealkylation sites (tertiary alicyclic amines) is 1. The molecule has 1 aliphatic rings. The number of carbonyl (C=O) groups excluding carboxylic acids is 1. The molecule has 0 radical (unpaired) electrons. The summed E-state index contributed by atoms with van der Waals surface area (Å²) in [6.07, 6.45) is 2.52. The topological polar surface area (TPSA) is 63.2 Å². The number of hydrogen-bond acceptors (Lipinski definition) is 4. The highest BCUT2D eigenvalue weighted by molar-refractivity contribution is 5.80. The molecule has 1 heterocycles. The second-order valence-electron chi connectivity index (χ2n) is 6.12. The molecule has 138 valence electrons. The minimum atomic E-state index is -0.0962. The van der Waals surface area contributed by atoms with Gasteiger partial charge in [0, 0.05) is 26.2 Å². The molecule has 1 N–H and O–H groups in total. The first-order chi connectivity index (χ1) is 12.2. The molecule has 2 rings (SSSR count). The Balaban J connectivity index is 1.88. The van der Waals surface area contributed by atoms with Gasteiger partial charge in [0.1, 0.15) is 5.75 Å². The molecule has 0 aliphatic carbocycles. The van der Waals surface area contributed by atoms with Crippen molar-refractivity contribution in [3.05, 3.63) is 29.8 Å². The monoisotopic (exact) mass is 347 g/mol. The minimum Gasteiger partial charge on any atom is -0.497 e. The number of methoxy groups -OCH3 is 2. The van der Waals surface area contributed by atoms with E-state index in [-0.39, 0.29) is 11.9 Å². The van der Waals surface area contributed by atoms with Crippen molar-refractivity contribution in [1.29, 1.82) is 0 Å². The second-order valence-corrected chi connectivity index (χ2v) is 6.12. The number of esters is 1. The van der Waals surface area contributed by atoms with E-state index in [1.165, 1.54) is 12.7 Å². The third kappa shape index (κ3) is 5.66. The molecule has 0 bridgehead atoms. The summed E-state index contributed by atoms with van der Waals surface area (Å²) in [5.41, 5.74) is 1.24. The zero-order valence-corrected chi connectivity index (χ0v) is 15.5. The van der Waals surface area contributed by atoms with E-state index in [1.54, 1.807) is 7.11 Å². The minimum absolute atomic E-state index is 0.0171. The van der Waals surface area contributed by atoms with Crippen LogP contribution >= 0.6 is 0 Å². The highest BCUT2D eigenvalue weighted by Gasteiger charge is 2.26. The van der Waals surface area contributed by atoms with Crippen molar-refractivity contribution in [3.63, 3.8) is 0 Å². The maximum absolute atomic E-state index is 11.6. The van der Waals surface area contributed by atoms with Gasteiger partial charge in [-0.3, -0.25) is 9.79 Å². The predicted molar refractivity (Wildman–Crippen MR) is 99.0 cm³/mol. The summed E-state index contributed by atoms with van der Waals surface area (Å²) in [7, 11) is 3.13. The van der Waals surface area contributed by atoms with Crippen LogP contribution in [-0.4, -0.2) is 57.2 Å². The summed E-state index contributed by atoms with van der Waals surface area (Å²) in [4.78, 5) is 18.6. The van der Waals surface area contributed by atoms with Crippen molar-refractivity contribution < 1.29 is 14.3 Å². The van der Waals surface area contributed by atoms with E-state index in [0.29, 0.717) is 0 Å². The second kappa shape index (κ2) is 9.91. The van der Waals surface area contributed by atoms with Crippen molar-refractivity contribution in [2.45, 2.75) is 26.2 Å². The molecule has 0 amide bonds. The van der Waals surface area contributed by atoms with Crippen LogP contribution in [0.1, 0.15) is 25.3 Å². The number of guanidine groups is 1. The summed E-state index contributed by atoms with van der Waals surface area (Å²) in [5.74, 6) is 1.72. The molecule has 0 aromatic heterocycles. The van der Waals surface area contributed by atoms with E-state index in [1.807, 2.05) is 12.1 Å². The Morgan fingerprint density at radius 3 is 2.48 bits per heavy atom. The van der Waals surface area contributed by atoms with Crippen LogP contribution in [0.2, 0.25) is 0 Å². The van der Waals surface area contributed by atoms with E-state index in [0.717, 1.165) is 57.2 Å². The van der Waals surface area contributed by atoms with Gasteiger partial charge in [0.15, 0.2) is 5.96 Å². The highest BCUT2D eigenvalue weighted by atomic mass is 16.5. The number of ether oxygens (including phenoxy) is 2. The summed E-state index contributed by atoms with van der Waals surface area (Å²) >= 11 is 0. The lowest BCUT2D eigenvalue weighted by Gasteiger charge is -2.33. The first-order valence-electron chi connectivity index (χ1n) is 8.92.